The fourth-order valence-electron chi connectivity index (χ4n) is 5.46. The SMILES string of the molecule is CC12CNCC1CN(Cc1cccc3c1C(=O)N(C1CCC(=O)NC1=O)C3)C2. The van der Waals surface area contributed by atoms with Crippen LogP contribution < -0.4 is 10.6 Å². The van der Waals surface area contributed by atoms with Gasteiger partial charge in [-0.1, -0.05) is 25.1 Å². The third-order valence-corrected chi connectivity index (χ3v) is 7.00. The smallest absolute Gasteiger partial charge is 0.255 e. The minimum absolute atomic E-state index is 0.0765. The van der Waals surface area contributed by atoms with Gasteiger partial charge in [0.2, 0.25) is 11.8 Å². The molecule has 4 heterocycles. The molecular weight excluding hydrogens is 356 g/mol. The predicted octanol–water partition coefficient (Wildman–Crippen LogP) is 0.489. The molecule has 4 aliphatic rings. The Bertz CT molecular complexity index is 869. The van der Waals surface area contributed by atoms with Crippen LogP contribution in [0.15, 0.2) is 18.2 Å². The summed E-state index contributed by atoms with van der Waals surface area (Å²) >= 11 is 0. The van der Waals surface area contributed by atoms with E-state index in [9.17, 15) is 14.4 Å². The van der Waals surface area contributed by atoms with Crippen LogP contribution in [0.4, 0.5) is 0 Å². The van der Waals surface area contributed by atoms with E-state index in [1.165, 1.54) is 0 Å². The maximum atomic E-state index is 13.2. The van der Waals surface area contributed by atoms with Gasteiger partial charge in [-0.15, -0.1) is 0 Å². The number of rotatable bonds is 3. The van der Waals surface area contributed by atoms with Crippen LogP contribution in [-0.2, 0) is 22.7 Å². The highest BCUT2D eigenvalue weighted by molar-refractivity contribution is 6.05. The molecule has 4 aliphatic heterocycles. The number of imide groups is 1. The van der Waals surface area contributed by atoms with E-state index < -0.39 is 6.04 Å². The van der Waals surface area contributed by atoms with Crippen molar-refractivity contribution in [2.75, 3.05) is 26.2 Å². The average molecular weight is 382 g/mol. The van der Waals surface area contributed by atoms with Crippen molar-refractivity contribution in [3.8, 4) is 0 Å². The van der Waals surface area contributed by atoms with E-state index in [-0.39, 0.29) is 24.1 Å². The summed E-state index contributed by atoms with van der Waals surface area (Å²) < 4.78 is 0. The quantitative estimate of drug-likeness (QED) is 0.744. The monoisotopic (exact) mass is 382 g/mol. The number of hydrogen-bond acceptors (Lipinski definition) is 5. The number of fused-ring (bicyclic) bond motifs is 2. The first-order chi connectivity index (χ1) is 13.4. The number of carbonyl (C=O) groups excluding carboxylic acids is 3. The van der Waals surface area contributed by atoms with Gasteiger partial charge in [0, 0.05) is 44.7 Å². The van der Waals surface area contributed by atoms with Gasteiger partial charge >= 0.3 is 0 Å². The summed E-state index contributed by atoms with van der Waals surface area (Å²) in [6.07, 6.45) is 0.685. The van der Waals surface area contributed by atoms with Crippen LogP contribution in [0.1, 0.15) is 41.3 Å². The predicted molar refractivity (Wildman–Crippen MR) is 102 cm³/mol. The zero-order valence-electron chi connectivity index (χ0n) is 16.2. The molecule has 0 radical (unpaired) electrons. The lowest BCUT2D eigenvalue weighted by Crippen LogP contribution is -2.52. The molecular formula is C21H26N4O3. The fraction of sp³-hybridized carbons (Fsp3) is 0.571. The van der Waals surface area contributed by atoms with Crippen LogP contribution >= 0.6 is 0 Å². The lowest BCUT2D eigenvalue weighted by molar-refractivity contribution is -0.136. The van der Waals surface area contributed by atoms with Crippen molar-refractivity contribution in [1.82, 2.24) is 20.4 Å². The van der Waals surface area contributed by atoms with Gasteiger partial charge in [-0.3, -0.25) is 24.6 Å². The fourth-order valence-corrected chi connectivity index (χ4v) is 5.46. The average Bonchev–Trinajstić information content (AvgIpc) is 3.25. The molecule has 148 valence electrons. The molecule has 0 spiro atoms. The van der Waals surface area contributed by atoms with Crippen molar-refractivity contribution in [2.24, 2.45) is 11.3 Å². The Labute approximate surface area is 164 Å². The Morgan fingerprint density at radius 1 is 1.25 bits per heavy atom. The Kier molecular flexibility index (Phi) is 4.07. The molecule has 7 heteroatoms. The maximum Gasteiger partial charge on any atom is 0.255 e. The number of nitrogens with zero attached hydrogens (tertiary/aromatic N) is 2. The second kappa shape index (κ2) is 6.39. The minimum Gasteiger partial charge on any atom is -0.322 e. The lowest BCUT2D eigenvalue weighted by Gasteiger charge is -2.29. The van der Waals surface area contributed by atoms with Gasteiger partial charge in [0.15, 0.2) is 0 Å². The highest BCUT2D eigenvalue weighted by Crippen LogP contribution is 2.39. The molecule has 3 atom stereocenters. The van der Waals surface area contributed by atoms with E-state index in [0.29, 0.717) is 24.3 Å². The molecule has 28 heavy (non-hydrogen) atoms. The van der Waals surface area contributed by atoms with Gasteiger partial charge < -0.3 is 10.2 Å². The summed E-state index contributed by atoms with van der Waals surface area (Å²) in [5.41, 5.74) is 3.11. The van der Waals surface area contributed by atoms with Crippen LogP contribution in [0, 0.1) is 11.3 Å². The van der Waals surface area contributed by atoms with Gasteiger partial charge in [0.25, 0.3) is 5.91 Å². The normalized spacial score (nSPS) is 32.6. The molecule has 7 nitrogen and oxygen atoms in total. The molecule has 2 N–H and O–H groups in total. The number of carbonyl (C=O) groups is 3. The molecule has 3 saturated heterocycles. The molecule has 1 aromatic carbocycles. The number of benzene rings is 1. The van der Waals surface area contributed by atoms with E-state index >= 15 is 0 Å². The molecule has 1 aromatic rings. The van der Waals surface area contributed by atoms with Crippen molar-refractivity contribution < 1.29 is 14.4 Å². The number of amides is 3. The summed E-state index contributed by atoms with van der Waals surface area (Å²) in [4.78, 5) is 41.0. The Morgan fingerprint density at radius 3 is 2.89 bits per heavy atom. The summed E-state index contributed by atoms with van der Waals surface area (Å²) in [6, 6.07) is 5.48. The number of nitrogens with one attached hydrogen (secondary N) is 2. The first-order valence-electron chi connectivity index (χ1n) is 10.1. The van der Waals surface area contributed by atoms with Crippen molar-refractivity contribution >= 4 is 17.7 Å². The van der Waals surface area contributed by atoms with E-state index in [0.717, 1.165) is 49.4 Å². The summed E-state index contributed by atoms with van der Waals surface area (Å²) in [5.74, 6) is -0.0206. The van der Waals surface area contributed by atoms with Crippen molar-refractivity contribution in [1.29, 1.82) is 0 Å². The summed E-state index contributed by atoms with van der Waals surface area (Å²) in [7, 11) is 0. The van der Waals surface area contributed by atoms with Gasteiger partial charge in [-0.25, -0.2) is 0 Å². The molecule has 3 amide bonds. The van der Waals surface area contributed by atoms with Gasteiger partial charge in [0.1, 0.15) is 6.04 Å². The zero-order valence-corrected chi connectivity index (χ0v) is 16.2. The van der Waals surface area contributed by atoms with Crippen LogP contribution in [0.3, 0.4) is 0 Å². The van der Waals surface area contributed by atoms with Crippen molar-refractivity contribution in [3.63, 3.8) is 0 Å². The third-order valence-electron chi connectivity index (χ3n) is 7.00. The summed E-state index contributed by atoms with van der Waals surface area (Å²) in [6.45, 7) is 7.79. The molecule has 5 rings (SSSR count). The van der Waals surface area contributed by atoms with Crippen LogP contribution in [-0.4, -0.2) is 59.7 Å². The zero-order chi connectivity index (χ0) is 19.5. The molecule has 0 bridgehead atoms. The molecule has 3 fully saturated rings. The highest BCUT2D eigenvalue weighted by Gasteiger charge is 2.46. The first-order valence-corrected chi connectivity index (χ1v) is 10.1. The van der Waals surface area contributed by atoms with Gasteiger partial charge in [0.05, 0.1) is 0 Å². The molecule has 0 aliphatic carbocycles. The lowest BCUT2D eigenvalue weighted by atomic mass is 9.83. The van der Waals surface area contributed by atoms with Gasteiger partial charge in [-0.05, 0) is 35.4 Å². The molecule has 0 aromatic heterocycles. The highest BCUT2D eigenvalue weighted by atomic mass is 16.2. The Morgan fingerprint density at radius 2 is 2.11 bits per heavy atom. The molecule has 3 unspecified atom stereocenters. The Balaban J connectivity index is 1.36. The largest absolute Gasteiger partial charge is 0.322 e. The topological polar surface area (TPSA) is 81.8 Å². The summed E-state index contributed by atoms with van der Waals surface area (Å²) in [5, 5.41) is 5.87. The van der Waals surface area contributed by atoms with Crippen molar-refractivity contribution in [3.05, 3.63) is 34.9 Å². The van der Waals surface area contributed by atoms with Crippen molar-refractivity contribution in [2.45, 2.75) is 38.9 Å². The second-order valence-corrected chi connectivity index (χ2v) is 9.00. The first kappa shape index (κ1) is 17.8. The number of likely N-dealkylation sites (tertiary alicyclic amines) is 1. The van der Waals surface area contributed by atoms with E-state index in [4.69, 9.17) is 0 Å². The van der Waals surface area contributed by atoms with E-state index in [1.54, 1.807) is 4.90 Å². The van der Waals surface area contributed by atoms with E-state index in [1.807, 2.05) is 18.2 Å². The van der Waals surface area contributed by atoms with Crippen LogP contribution in [0.25, 0.3) is 0 Å². The molecule has 0 saturated carbocycles. The standard InChI is InChI=1S/C21H26N4O3/c1-21-11-22-7-15(21)10-24(12-21)8-13-3-2-4-14-9-25(20(28)18(13)14)16-5-6-17(26)23-19(16)27/h2-4,15-16,22H,5-12H2,1H3,(H,23,26,27). The van der Waals surface area contributed by atoms with Crippen LogP contribution in [0.2, 0.25) is 0 Å². The second-order valence-electron chi connectivity index (χ2n) is 9.00. The van der Waals surface area contributed by atoms with E-state index in [2.05, 4.69) is 22.5 Å². The number of hydrogen-bond donors (Lipinski definition) is 2. The minimum atomic E-state index is -0.554. The van der Waals surface area contributed by atoms with Crippen LogP contribution in [0.5, 0.6) is 0 Å². The third kappa shape index (κ3) is 2.76. The Hall–Kier alpha value is -2.25. The maximum absolute atomic E-state index is 13.2. The van der Waals surface area contributed by atoms with Gasteiger partial charge in [-0.2, -0.15) is 0 Å². The number of piperidine rings is 1.